The molecular weight excluding hydrogens is 188 g/mol. The Morgan fingerprint density at radius 2 is 1.79 bits per heavy atom. The van der Waals surface area contributed by atoms with E-state index in [1.165, 1.54) is 29.3 Å². The molecule has 0 amide bonds. The third kappa shape index (κ3) is 1.48. The molecule has 0 saturated heterocycles. The minimum absolute atomic E-state index is 0.115. The number of aromatic nitrogens is 3. The van der Waals surface area contributed by atoms with E-state index >= 15 is 0 Å². The molecule has 2 aromatic heterocycles. The van der Waals surface area contributed by atoms with Crippen molar-refractivity contribution in [1.29, 1.82) is 0 Å². The van der Waals surface area contributed by atoms with Crippen molar-refractivity contribution in [2.75, 3.05) is 0 Å². The zero-order valence-electron chi connectivity index (χ0n) is 7.14. The van der Waals surface area contributed by atoms with Crippen molar-refractivity contribution in [1.82, 2.24) is 14.8 Å². The van der Waals surface area contributed by atoms with Gasteiger partial charge in [-0.3, -0.25) is 4.98 Å². The number of hydrogen-bond acceptors (Lipinski definition) is 2. The Hall–Kier alpha value is -1.78. The van der Waals surface area contributed by atoms with Crippen molar-refractivity contribution in [3.05, 3.63) is 42.5 Å². The molecule has 0 N–H and O–H groups in total. The molecule has 2 rings (SSSR count). The zero-order valence-corrected chi connectivity index (χ0v) is 7.14. The van der Waals surface area contributed by atoms with Crippen molar-refractivity contribution < 1.29 is 8.78 Å². The van der Waals surface area contributed by atoms with E-state index in [0.29, 0.717) is 5.69 Å². The van der Waals surface area contributed by atoms with Gasteiger partial charge in [0, 0.05) is 18.6 Å². The van der Waals surface area contributed by atoms with Crippen LogP contribution in [0, 0.1) is 0 Å². The Morgan fingerprint density at radius 3 is 2.43 bits per heavy atom. The summed E-state index contributed by atoms with van der Waals surface area (Å²) in [5, 5.41) is 3.82. The third-order valence-electron chi connectivity index (χ3n) is 1.80. The molecule has 3 nitrogen and oxygen atoms in total. The van der Waals surface area contributed by atoms with E-state index in [-0.39, 0.29) is 5.69 Å². The van der Waals surface area contributed by atoms with Gasteiger partial charge in [-0.1, -0.05) is 0 Å². The van der Waals surface area contributed by atoms with Crippen LogP contribution in [0.1, 0.15) is 12.1 Å². The predicted octanol–water partition coefficient (Wildman–Crippen LogP) is 2.20. The fourth-order valence-corrected chi connectivity index (χ4v) is 1.18. The van der Waals surface area contributed by atoms with Crippen molar-refractivity contribution >= 4 is 0 Å². The van der Waals surface area contributed by atoms with E-state index in [0.717, 1.165) is 0 Å². The SMILES string of the molecule is FC(F)c1ccnn1-c1ccncc1. The van der Waals surface area contributed by atoms with Crippen molar-refractivity contribution in [3.8, 4) is 5.69 Å². The smallest absolute Gasteiger partial charge is 0.265 e. The summed E-state index contributed by atoms with van der Waals surface area (Å²) in [5.74, 6) is 0. The monoisotopic (exact) mass is 195 g/mol. The lowest BCUT2D eigenvalue weighted by Gasteiger charge is -2.05. The molecule has 0 spiro atoms. The van der Waals surface area contributed by atoms with E-state index in [9.17, 15) is 8.78 Å². The highest BCUT2D eigenvalue weighted by Gasteiger charge is 2.13. The highest BCUT2D eigenvalue weighted by atomic mass is 19.3. The molecule has 5 heteroatoms. The average Bonchev–Trinajstić information content (AvgIpc) is 2.67. The first-order valence-corrected chi connectivity index (χ1v) is 4.01. The Labute approximate surface area is 79.0 Å². The summed E-state index contributed by atoms with van der Waals surface area (Å²) in [7, 11) is 0. The highest BCUT2D eigenvalue weighted by Crippen LogP contribution is 2.20. The molecule has 0 radical (unpaired) electrons. The van der Waals surface area contributed by atoms with E-state index in [2.05, 4.69) is 10.1 Å². The van der Waals surface area contributed by atoms with Crippen LogP contribution in [0.5, 0.6) is 0 Å². The topological polar surface area (TPSA) is 30.7 Å². The lowest BCUT2D eigenvalue weighted by atomic mass is 10.4. The van der Waals surface area contributed by atoms with Crippen LogP contribution in [0.15, 0.2) is 36.8 Å². The summed E-state index contributed by atoms with van der Waals surface area (Å²) in [6, 6.07) is 4.54. The Kier molecular flexibility index (Phi) is 2.22. The van der Waals surface area contributed by atoms with Crippen LogP contribution in [0.4, 0.5) is 8.78 Å². The van der Waals surface area contributed by atoms with Gasteiger partial charge in [-0.05, 0) is 18.2 Å². The number of rotatable bonds is 2. The lowest BCUT2D eigenvalue weighted by molar-refractivity contribution is 0.143. The first kappa shape index (κ1) is 8.80. The fourth-order valence-electron chi connectivity index (χ4n) is 1.18. The molecule has 0 atom stereocenters. The molecule has 72 valence electrons. The summed E-state index contributed by atoms with van der Waals surface area (Å²) < 4.78 is 26.1. The van der Waals surface area contributed by atoms with Crippen molar-refractivity contribution in [2.24, 2.45) is 0 Å². The number of halogens is 2. The zero-order chi connectivity index (χ0) is 9.97. The van der Waals surface area contributed by atoms with Crippen LogP contribution in [0.3, 0.4) is 0 Å². The summed E-state index contributed by atoms with van der Waals surface area (Å²) in [4.78, 5) is 3.80. The van der Waals surface area contributed by atoms with Gasteiger partial charge in [0.15, 0.2) is 0 Å². The van der Waals surface area contributed by atoms with E-state index in [1.54, 1.807) is 12.1 Å². The Bertz CT molecular complexity index is 411. The first-order chi connectivity index (χ1) is 6.79. The number of nitrogens with zero attached hydrogens (tertiary/aromatic N) is 3. The van der Waals surface area contributed by atoms with Crippen LogP contribution in [-0.4, -0.2) is 14.8 Å². The minimum Gasteiger partial charge on any atom is -0.265 e. The second-order valence-electron chi connectivity index (χ2n) is 2.67. The van der Waals surface area contributed by atoms with Gasteiger partial charge in [0.2, 0.25) is 0 Å². The average molecular weight is 195 g/mol. The van der Waals surface area contributed by atoms with Crippen LogP contribution in [0.2, 0.25) is 0 Å². The van der Waals surface area contributed by atoms with Gasteiger partial charge in [-0.2, -0.15) is 5.10 Å². The molecular formula is C9H7F2N3. The van der Waals surface area contributed by atoms with Gasteiger partial charge in [-0.25, -0.2) is 13.5 Å². The highest BCUT2D eigenvalue weighted by molar-refractivity contribution is 5.30. The first-order valence-electron chi connectivity index (χ1n) is 4.01. The fraction of sp³-hybridized carbons (Fsp3) is 0.111. The van der Waals surface area contributed by atoms with Crippen molar-refractivity contribution in [2.45, 2.75) is 6.43 Å². The van der Waals surface area contributed by atoms with E-state index in [4.69, 9.17) is 0 Å². The van der Waals surface area contributed by atoms with Gasteiger partial charge in [0.1, 0.15) is 5.69 Å². The summed E-state index contributed by atoms with van der Waals surface area (Å²) >= 11 is 0. The Balaban J connectivity index is 2.47. The number of pyridine rings is 1. The summed E-state index contributed by atoms with van der Waals surface area (Å²) in [6.45, 7) is 0. The third-order valence-corrected chi connectivity index (χ3v) is 1.80. The lowest BCUT2D eigenvalue weighted by Crippen LogP contribution is -2.02. The molecule has 0 aliphatic heterocycles. The van der Waals surface area contributed by atoms with Crippen molar-refractivity contribution in [3.63, 3.8) is 0 Å². The minimum atomic E-state index is -2.52. The van der Waals surface area contributed by atoms with E-state index in [1.807, 2.05) is 0 Å². The molecule has 0 unspecified atom stereocenters. The maximum atomic E-state index is 12.5. The molecule has 0 bridgehead atoms. The molecule has 0 aliphatic carbocycles. The molecule has 2 aromatic rings. The molecule has 0 fully saturated rings. The van der Waals surface area contributed by atoms with Crippen LogP contribution < -0.4 is 0 Å². The second-order valence-corrected chi connectivity index (χ2v) is 2.67. The molecule has 0 aliphatic rings. The summed E-state index contributed by atoms with van der Waals surface area (Å²) in [5.41, 5.74) is 0.469. The predicted molar refractivity (Wildman–Crippen MR) is 46.3 cm³/mol. The van der Waals surface area contributed by atoms with Gasteiger partial charge in [0.25, 0.3) is 6.43 Å². The van der Waals surface area contributed by atoms with Crippen LogP contribution in [0.25, 0.3) is 5.69 Å². The van der Waals surface area contributed by atoms with Gasteiger partial charge in [0.05, 0.1) is 5.69 Å². The molecule has 2 heterocycles. The Morgan fingerprint density at radius 1 is 1.07 bits per heavy atom. The van der Waals surface area contributed by atoms with E-state index < -0.39 is 6.43 Å². The van der Waals surface area contributed by atoms with Gasteiger partial charge < -0.3 is 0 Å². The second kappa shape index (κ2) is 3.53. The quantitative estimate of drug-likeness (QED) is 0.735. The molecule has 14 heavy (non-hydrogen) atoms. The molecule has 0 aromatic carbocycles. The normalized spacial score (nSPS) is 10.8. The van der Waals surface area contributed by atoms with Crippen LogP contribution in [-0.2, 0) is 0 Å². The largest absolute Gasteiger partial charge is 0.280 e. The standard InChI is InChI=1S/C9H7F2N3/c10-9(11)8-3-6-13-14(8)7-1-4-12-5-2-7/h1-6,9H. The summed E-state index contributed by atoms with van der Waals surface area (Å²) in [6.07, 6.45) is 1.89. The van der Waals surface area contributed by atoms with Gasteiger partial charge >= 0.3 is 0 Å². The molecule has 0 saturated carbocycles. The maximum absolute atomic E-state index is 12.5. The number of alkyl halides is 2. The van der Waals surface area contributed by atoms with Crippen LogP contribution >= 0.6 is 0 Å². The van der Waals surface area contributed by atoms with Gasteiger partial charge in [-0.15, -0.1) is 0 Å². The maximum Gasteiger partial charge on any atom is 0.280 e. The number of hydrogen-bond donors (Lipinski definition) is 0.